The molecule has 1 aromatic rings. The van der Waals surface area contributed by atoms with Gasteiger partial charge in [0.15, 0.2) is 9.84 Å². The van der Waals surface area contributed by atoms with Crippen LogP contribution >= 0.6 is 0 Å². The highest BCUT2D eigenvalue weighted by Crippen LogP contribution is 2.25. The van der Waals surface area contributed by atoms with Crippen molar-refractivity contribution in [2.45, 2.75) is 16.7 Å². The van der Waals surface area contributed by atoms with E-state index in [1.165, 1.54) is 0 Å². The first-order chi connectivity index (χ1) is 9.68. The van der Waals surface area contributed by atoms with Crippen molar-refractivity contribution in [3.63, 3.8) is 0 Å². The molecule has 0 spiro atoms. The molecule has 0 aliphatic carbocycles. The van der Waals surface area contributed by atoms with Crippen LogP contribution in [0.3, 0.4) is 0 Å². The van der Waals surface area contributed by atoms with Crippen molar-refractivity contribution < 1.29 is 13.2 Å². The topological polar surface area (TPSA) is 58.6 Å². The van der Waals surface area contributed by atoms with Crippen LogP contribution in [-0.2, 0) is 21.1 Å². The Bertz CT molecular complexity index is 564. The molecule has 2 aliphatic heterocycles. The molecule has 2 saturated heterocycles. The van der Waals surface area contributed by atoms with Gasteiger partial charge in [0.25, 0.3) is 0 Å². The Morgan fingerprint density at radius 2 is 1.90 bits per heavy atom. The maximum Gasteiger partial charge on any atom is 0.186 e. The van der Waals surface area contributed by atoms with E-state index in [2.05, 4.69) is 10.2 Å². The quantitative estimate of drug-likeness (QED) is 0.864. The van der Waals surface area contributed by atoms with Crippen LogP contribution in [0.4, 0.5) is 0 Å². The standard InChI is InChI=1S/C14H20N2O3S/c17-20(18,13-10-19-11-13)14-4-2-1-3-12(14)9-16-7-5-15-6-8-16/h1-4,13,15H,5-11H2. The first-order valence-corrected chi connectivity index (χ1v) is 8.55. The first-order valence-electron chi connectivity index (χ1n) is 7.00. The predicted molar refractivity (Wildman–Crippen MR) is 76.4 cm³/mol. The van der Waals surface area contributed by atoms with E-state index < -0.39 is 9.84 Å². The van der Waals surface area contributed by atoms with E-state index in [-0.39, 0.29) is 5.25 Å². The van der Waals surface area contributed by atoms with Crippen LogP contribution in [-0.4, -0.2) is 58.0 Å². The van der Waals surface area contributed by atoms with Gasteiger partial charge >= 0.3 is 0 Å². The van der Waals surface area contributed by atoms with Crippen molar-refractivity contribution in [1.29, 1.82) is 0 Å². The molecule has 2 aliphatic rings. The van der Waals surface area contributed by atoms with Crippen molar-refractivity contribution in [3.05, 3.63) is 29.8 Å². The normalized spacial score (nSPS) is 21.6. The Morgan fingerprint density at radius 3 is 2.55 bits per heavy atom. The second-order valence-electron chi connectivity index (χ2n) is 5.34. The summed E-state index contributed by atoms with van der Waals surface area (Å²) in [5, 5.41) is 2.94. The van der Waals surface area contributed by atoms with E-state index in [1.807, 2.05) is 12.1 Å². The molecule has 0 radical (unpaired) electrons. The molecule has 5 nitrogen and oxygen atoms in total. The molecule has 0 aromatic heterocycles. The van der Waals surface area contributed by atoms with Gasteiger partial charge in [-0.3, -0.25) is 4.90 Å². The Hall–Kier alpha value is -0.950. The van der Waals surface area contributed by atoms with E-state index in [1.54, 1.807) is 12.1 Å². The molecular weight excluding hydrogens is 276 g/mol. The van der Waals surface area contributed by atoms with E-state index in [0.29, 0.717) is 24.7 Å². The number of benzene rings is 1. The third-order valence-corrected chi connectivity index (χ3v) is 6.09. The number of nitrogens with one attached hydrogen (secondary N) is 1. The van der Waals surface area contributed by atoms with Crippen molar-refractivity contribution in [2.24, 2.45) is 0 Å². The van der Waals surface area contributed by atoms with Crippen molar-refractivity contribution in [3.8, 4) is 0 Å². The van der Waals surface area contributed by atoms with Gasteiger partial charge in [0.2, 0.25) is 0 Å². The van der Waals surface area contributed by atoms with Crippen LogP contribution in [0.15, 0.2) is 29.2 Å². The molecule has 0 atom stereocenters. The maximum atomic E-state index is 12.6. The van der Waals surface area contributed by atoms with E-state index in [9.17, 15) is 8.42 Å². The van der Waals surface area contributed by atoms with Crippen molar-refractivity contribution in [1.82, 2.24) is 10.2 Å². The summed E-state index contributed by atoms with van der Waals surface area (Å²) in [5.41, 5.74) is 0.904. The average molecular weight is 296 g/mol. The molecule has 3 rings (SSSR count). The molecule has 0 bridgehead atoms. The zero-order valence-corrected chi connectivity index (χ0v) is 12.2. The largest absolute Gasteiger partial charge is 0.379 e. The fourth-order valence-electron chi connectivity index (χ4n) is 2.59. The minimum Gasteiger partial charge on any atom is -0.379 e. The minimum atomic E-state index is -3.25. The van der Waals surface area contributed by atoms with Gasteiger partial charge in [-0.05, 0) is 11.6 Å². The highest BCUT2D eigenvalue weighted by molar-refractivity contribution is 7.92. The summed E-state index contributed by atoms with van der Waals surface area (Å²) >= 11 is 0. The lowest BCUT2D eigenvalue weighted by Gasteiger charge is -2.29. The fourth-order valence-corrected chi connectivity index (χ4v) is 4.27. The van der Waals surface area contributed by atoms with Gasteiger partial charge in [0.1, 0.15) is 5.25 Å². The Labute approximate surface area is 119 Å². The number of piperazine rings is 1. The number of hydrogen-bond donors (Lipinski definition) is 1. The average Bonchev–Trinajstić information content (AvgIpc) is 2.38. The van der Waals surface area contributed by atoms with Gasteiger partial charge in [0.05, 0.1) is 18.1 Å². The second-order valence-corrected chi connectivity index (χ2v) is 7.53. The lowest BCUT2D eigenvalue weighted by molar-refractivity contribution is 0.0415. The lowest BCUT2D eigenvalue weighted by atomic mass is 10.2. The molecule has 0 saturated carbocycles. The molecule has 0 unspecified atom stereocenters. The highest BCUT2D eigenvalue weighted by atomic mass is 32.2. The number of ether oxygens (including phenoxy) is 1. The highest BCUT2D eigenvalue weighted by Gasteiger charge is 2.35. The van der Waals surface area contributed by atoms with Crippen LogP contribution in [0.1, 0.15) is 5.56 Å². The Kier molecular flexibility index (Phi) is 4.07. The molecule has 2 fully saturated rings. The summed E-state index contributed by atoms with van der Waals surface area (Å²) in [7, 11) is -3.25. The van der Waals surface area contributed by atoms with Crippen LogP contribution in [0, 0.1) is 0 Å². The van der Waals surface area contributed by atoms with E-state index >= 15 is 0 Å². The molecule has 110 valence electrons. The van der Waals surface area contributed by atoms with Gasteiger partial charge < -0.3 is 10.1 Å². The molecular formula is C14H20N2O3S. The van der Waals surface area contributed by atoms with E-state index in [4.69, 9.17) is 4.74 Å². The van der Waals surface area contributed by atoms with Gasteiger partial charge in [-0.2, -0.15) is 0 Å². The molecule has 1 N–H and O–H groups in total. The van der Waals surface area contributed by atoms with Crippen molar-refractivity contribution >= 4 is 9.84 Å². The minimum absolute atomic E-state index is 0.324. The zero-order chi connectivity index (χ0) is 14.0. The Morgan fingerprint density at radius 1 is 1.20 bits per heavy atom. The summed E-state index contributed by atoms with van der Waals surface area (Å²) in [5.74, 6) is 0. The zero-order valence-electron chi connectivity index (χ0n) is 11.4. The Balaban J connectivity index is 1.84. The molecule has 1 aromatic carbocycles. The van der Waals surface area contributed by atoms with Gasteiger partial charge in [-0.15, -0.1) is 0 Å². The van der Waals surface area contributed by atoms with Crippen LogP contribution in [0.2, 0.25) is 0 Å². The maximum absolute atomic E-state index is 12.6. The van der Waals surface area contributed by atoms with E-state index in [0.717, 1.165) is 31.7 Å². The lowest BCUT2D eigenvalue weighted by Crippen LogP contribution is -2.43. The second kappa shape index (κ2) is 5.81. The van der Waals surface area contributed by atoms with Crippen LogP contribution < -0.4 is 5.32 Å². The monoisotopic (exact) mass is 296 g/mol. The van der Waals surface area contributed by atoms with Crippen molar-refractivity contribution in [2.75, 3.05) is 39.4 Å². The summed E-state index contributed by atoms with van der Waals surface area (Å²) in [6, 6.07) is 7.36. The molecule has 0 amide bonds. The summed E-state index contributed by atoms with van der Waals surface area (Å²) in [6.07, 6.45) is 0. The summed E-state index contributed by atoms with van der Waals surface area (Å²) in [4.78, 5) is 2.77. The summed E-state index contributed by atoms with van der Waals surface area (Å²) < 4.78 is 30.2. The van der Waals surface area contributed by atoms with Crippen LogP contribution in [0.25, 0.3) is 0 Å². The predicted octanol–water partition coefficient (Wildman–Crippen LogP) is 0.264. The summed E-state index contributed by atoms with van der Waals surface area (Å²) in [6.45, 7) is 5.19. The SMILES string of the molecule is O=S(=O)(c1ccccc1CN1CCNCC1)C1COC1. The molecule has 6 heteroatoms. The smallest absolute Gasteiger partial charge is 0.186 e. The third kappa shape index (κ3) is 2.74. The van der Waals surface area contributed by atoms with Gasteiger partial charge in [-0.25, -0.2) is 8.42 Å². The van der Waals surface area contributed by atoms with Gasteiger partial charge in [-0.1, -0.05) is 18.2 Å². The van der Waals surface area contributed by atoms with Gasteiger partial charge in [0, 0.05) is 32.7 Å². The third-order valence-electron chi connectivity index (χ3n) is 3.93. The number of nitrogens with zero attached hydrogens (tertiary/aromatic N) is 1. The molecule has 20 heavy (non-hydrogen) atoms. The molecule has 2 heterocycles. The fraction of sp³-hybridized carbons (Fsp3) is 0.571. The number of hydrogen-bond acceptors (Lipinski definition) is 5. The number of sulfone groups is 1. The number of rotatable bonds is 4. The first kappa shape index (κ1) is 14.0. The van der Waals surface area contributed by atoms with Crippen LogP contribution in [0.5, 0.6) is 0 Å².